The van der Waals surface area contributed by atoms with Gasteiger partial charge in [-0.05, 0) is 91.7 Å². The standard InChI is InChI=1S/C27H34N6O/c1-7-24(25-29-30-31-33(25)27(4,5)6)32(16-20-11-9-8-10-12-20)17-22-15-21-13-18(2)19(3)14-23(21)28-26(22)34/h8-15,24H,7,16-17H2,1-6H3,(H,28,34)/t24-/m1/s1. The molecule has 2 aromatic carbocycles. The number of hydrogen-bond donors (Lipinski definition) is 1. The van der Waals surface area contributed by atoms with Gasteiger partial charge in [0.2, 0.25) is 0 Å². The summed E-state index contributed by atoms with van der Waals surface area (Å²) in [5.41, 5.74) is 4.86. The molecule has 7 nitrogen and oxygen atoms in total. The van der Waals surface area contributed by atoms with Crippen molar-refractivity contribution in [1.29, 1.82) is 0 Å². The normalized spacial score (nSPS) is 13.0. The number of nitrogens with one attached hydrogen (secondary N) is 1. The van der Waals surface area contributed by atoms with Gasteiger partial charge in [-0.15, -0.1) is 5.10 Å². The van der Waals surface area contributed by atoms with E-state index in [4.69, 9.17) is 0 Å². The number of aromatic nitrogens is 5. The number of nitrogens with zero attached hydrogens (tertiary/aromatic N) is 5. The summed E-state index contributed by atoms with van der Waals surface area (Å²) in [5.74, 6) is 0.814. The van der Waals surface area contributed by atoms with Crippen LogP contribution < -0.4 is 5.56 Å². The molecule has 0 spiro atoms. The molecule has 1 atom stereocenters. The number of benzene rings is 2. The molecule has 0 saturated heterocycles. The third-order valence-corrected chi connectivity index (χ3v) is 6.39. The fraction of sp³-hybridized carbons (Fsp3) is 0.407. The fourth-order valence-electron chi connectivity index (χ4n) is 4.44. The first-order chi connectivity index (χ1) is 16.2. The van der Waals surface area contributed by atoms with E-state index in [-0.39, 0.29) is 17.1 Å². The molecule has 0 aliphatic heterocycles. The first kappa shape index (κ1) is 23.8. The van der Waals surface area contributed by atoms with Crippen molar-refractivity contribution in [2.24, 2.45) is 0 Å². The van der Waals surface area contributed by atoms with Crippen molar-refractivity contribution < 1.29 is 0 Å². The molecule has 0 saturated carbocycles. The van der Waals surface area contributed by atoms with Gasteiger partial charge in [0.05, 0.1) is 11.6 Å². The molecule has 34 heavy (non-hydrogen) atoms. The average Bonchev–Trinajstić information content (AvgIpc) is 3.27. The van der Waals surface area contributed by atoms with Crippen molar-refractivity contribution in [3.8, 4) is 0 Å². The van der Waals surface area contributed by atoms with Crippen LogP contribution in [0.3, 0.4) is 0 Å². The average molecular weight is 459 g/mol. The molecule has 0 amide bonds. The van der Waals surface area contributed by atoms with Gasteiger partial charge in [-0.2, -0.15) is 0 Å². The summed E-state index contributed by atoms with van der Waals surface area (Å²) in [4.78, 5) is 18.5. The third-order valence-electron chi connectivity index (χ3n) is 6.39. The van der Waals surface area contributed by atoms with Crippen LogP contribution in [0.5, 0.6) is 0 Å². The van der Waals surface area contributed by atoms with Gasteiger partial charge in [0, 0.05) is 24.2 Å². The number of rotatable bonds is 7. The van der Waals surface area contributed by atoms with E-state index >= 15 is 0 Å². The molecule has 4 rings (SSSR count). The van der Waals surface area contributed by atoms with Crippen LogP contribution in [-0.2, 0) is 18.6 Å². The predicted octanol–water partition coefficient (Wildman–Crippen LogP) is 5.04. The van der Waals surface area contributed by atoms with E-state index in [1.807, 2.05) is 35.0 Å². The second-order valence-electron chi connectivity index (χ2n) is 10.1. The summed E-state index contributed by atoms with van der Waals surface area (Å²) >= 11 is 0. The minimum Gasteiger partial charge on any atom is -0.322 e. The van der Waals surface area contributed by atoms with E-state index in [1.54, 1.807) is 0 Å². The second kappa shape index (κ2) is 9.50. The largest absolute Gasteiger partial charge is 0.322 e. The number of fused-ring (bicyclic) bond motifs is 1. The zero-order chi connectivity index (χ0) is 24.5. The van der Waals surface area contributed by atoms with Crippen LogP contribution >= 0.6 is 0 Å². The molecule has 2 aromatic heterocycles. The Morgan fingerprint density at radius 1 is 1.03 bits per heavy atom. The van der Waals surface area contributed by atoms with Crippen molar-refractivity contribution in [2.45, 2.75) is 72.6 Å². The second-order valence-corrected chi connectivity index (χ2v) is 10.1. The summed E-state index contributed by atoms with van der Waals surface area (Å²) in [6.45, 7) is 13.8. The van der Waals surface area contributed by atoms with E-state index in [9.17, 15) is 4.79 Å². The van der Waals surface area contributed by atoms with Gasteiger partial charge >= 0.3 is 0 Å². The Labute approximate surface area is 200 Å². The van der Waals surface area contributed by atoms with Gasteiger partial charge in [-0.25, -0.2) is 4.68 Å². The van der Waals surface area contributed by atoms with Crippen LogP contribution in [-0.4, -0.2) is 30.1 Å². The molecule has 0 unspecified atom stereocenters. The molecular formula is C27H34N6O. The Balaban J connectivity index is 1.78. The molecular weight excluding hydrogens is 424 g/mol. The van der Waals surface area contributed by atoms with Crippen molar-refractivity contribution in [3.63, 3.8) is 0 Å². The molecule has 178 valence electrons. The Morgan fingerprint density at radius 3 is 2.41 bits per heavy atom. The van der Waals surface area contributed by atoms with Crippen LogP contribution in [0.4, 0.5) is 0 Å². The summed E-state index contributed by atoms with van der Waals surface area (Å²) in [5, 5.41) is 13.8. The van der Waals surface area contributed by atoms with Crippen LogP contribution in [0.15, 0.2) is 53.3 Å². The summed E-state index contributed by atoms with van der Waals surface area (Å²) in [7, 11) is 0. The zero-order valence-electron chi connectivity index (χ0n) is 21.0. The van der Waals surface area contributed by atoms with E-state index < -0.39 is 0 Å². The van der Waals surface area contributed by atoms with E-state index in [2.05, 4.69) is 85.2 Å². The first-order valence-corrected chi connectivity index (χ1v) is 11.9. The van der Waals surface area contributed by atoms with Crippen LogP contribution in [0, 0.1) is 13.8 Å². The number of tetrazole rings is 1. The molecule has 0 bridgehead atoms. The van der Waals surface area contributed by atoms with Gasteiger partial charge in [0.15, 0.2) is 5.82 Å². The maximum Gasteiger partial charge on any atom is 0.252 e. The summed E-state index contributed by atoms with van der Waals surface area (Å²) in [6.07, 6.45) is 0.813. The summed E-state index contributed by atoms with van der Waals surface area (Å²) < 4.78 is 1.90. The number of aryl methyl sites for hydroxylation is 2. The Hall–Kier alpha value is -3.32. The molecule has 0 aliphatic rings. The smallest absolute Gasteiger partial charge is 0.252 e. The highest BCUT2D eigenvalue weighted by Crippen LogP contribution is 2.29. The lowest BCUT2D eigenvalue weighted by Crippen LogP contribution is -2.35. The highest BCUT2D eigenvalue weighted by Gasteiger charge is 2.29. The fourth-order valence-corrected chi connectivity index (χ4v) is 4.44. The lowest BCUT2D eigenvalue weighted by atomic mass is 10.0. The molecule has 1 N–H and O–H groups in total. The maximum atomic E-state index is 13.1. The van der Waals surface area contributed by atoms with E-state index in [0.29, 0.717) is 13.1 Å². The number of H-pyrrole nitrogens is 1. The monoisotopic (exact) mass is 458 g/mol. The number of pyridine rings is 1. The predicted molar refractivity (Wildman–Crippen MR) is 136 cm³/mol. The number of hydrogen-bond acceptors (Lipinski definition) is 5. The van der Waals surface area contributed by atoms with Crippen molar-refractivity contribution >= 4 is 10.9 Å². The van der Waals surface area contributed by atoms with Crippen molar-refractivity contribution in [2.75, 3.05) is 0 Å². The van der Waals surface area contributed by atoms with Crippen molar-refractivity contribution in [1.82, 2.24) is 30.1 Å². The Kier molecular flexibility index (Phi) is 6.66. The van der Waals surface area contributed by atoms with E-state index in [0.717, 1.165) is 28.7 Å². The highest BCUT2D eigenvalue weighted by molar-refractivity contribution is 5.80. The molecule has 0 radical (unpaired) electrons. The molecule has 2 heterocycles. The third kappa shape index (κ3) is 4.94. The van der Waals surface area contributed by atoms with Gasteiger partial charge in [0.1, 0.15) is 0 Å². The van der Waals surface area contributed by atoms with Crippen LogP contribution in [0.25, 0.3) is 10.9 Å². The minimum atomic E-state index is -0.250. The van der Waals surface area contributed by atoms with Crippen molar-refractivity contribution in [3.05, 3.63) is 87.0 Å². The quantitative estimate of drug-likeness (QED) is 0.420. The lowest BCUT2D eigenvalue weighted by Gasteiger charge is -2.32. The first-order valence-electron chi connectivity index (χ1n) is 11.9. The topological polar surface area (TPSA) is 79.7 Å². The zero-order valence-corrected chi connectivity index (χ0v) is 21.0. The SMILES string of the molecule is CC[C@H](c1nnnn1C(C)(C)C)N(Cc1ccccc1)Cc1cc2cc(C)c(C)cc2[nH]c1=O. The molecule has 7 heteroatoms. The minimum absolute atomic E-state index is 0.0516. The number of aromatic amines is 1. The Bertz CT molecular complexity index is 1330. The van der Waals surface area contributed by atoms with Gasteiger partial charge in [0.25, 0.3) is 5.56 Å². The van der Waals surface area contributed by atoms with Gasteiger partial charge in [-0.3, -0.25) is 9.69 Å². The van der Waals surface area contributed by atoms with E-state index in [1.165, 1.54) is 16.7 Å². The Morgan fingerprint density at radius 2 is 1.74 bits per heavy atom. The lowest BCUT2D eigenvalue weighted by molar-refractivity contribution is 0.153. The molecule has 4 aromatic rings. The molecule has 0 fully saturated rings. The summed E-state index contributed by atoms with van der Waals surface area (Å²) in [6, 6.07) is 16.5. The van der Waals surface area contributed by atoms with Gasteiger partial charge in [-0.1, -0.05) is 37.3 Å². The van der Waals surface area contributed by atoms with Gasteiger partial charge < -0.3 is 4.98 Å². The highest BCUT2D eigenvalue weighted by atomic mass is 16.1. The van der Waals surface area contributed by atoms with Crippen LogP contribution in [0.1, 0.15) is 68.2 Å². The maximum absolute atomic E-state index is 13.1. The van der Waals surface area contributed by atoms with Crippen LogP contribution in [0.2, 0.25) is 0 Å². The molecule has 0 aliphatic carbocycles.